The molecule has 0 spiro atoms. The van der Waals surface area contributed by atoms with Gasteiger partial charge in [-0.3, -0.25) is 4.98 Å². The average molecular weight is 425 g/mol. The molecule has 0 unspecified atom stereocenters. The van der Waals surface area contributed by atoms with E-state index < -0.39 is 0 Å². The molecule has 0 aliphatic rings. The van der Waals surface area contributed by atoms with Crippen molar-refractivity contribution in [2.24, 2.45) is 0 Å². The molecular weight excluding hydrogens is 411 g/mol. The lowest BCUT2D eigenvalue weighted by molar-refractivity contribution is 1.31. The van der Waals surface area contributed by atoms with Crippen molar-refractivity contribution in [2.75, 3.05) is 0 Å². The normalized spacial score (nSPS) is 11.7. The fourth-order valence-electron chi connectivity index (χ4n) is 4.20. The molecule has 142 valence electrons. The van der Waals surface area contributed by atoms with Gasteiger partial charge in [0.05, 0.1) is 22.9 Å². The van der Waals surface area contributed by atoms with E-state index in [4.69, 9.17) is 33.2 Å². The smallest absolute Gasteiger partial charge is 0.0979 e. The molecule has 6 aromatic rings. The standard InChI is InChI=1S/C26H14Cl2N2/c27-22-11-12-23(28)21-13-15(9-10-18(21)22)24-14-29-25-19-7-3-1-5-16(19)17-6-2-4-8-20(17)26(25)30-24/h1-14H. The Balaban J connectivity index is 1.68. The van der Waals surface area contributed by atoms with Crippen LogP contribution in [0.4, 0.5) is 0 Å². The van der Waals surface area contributed by atoms with Crippen LogP contribution in [0.1, 0.15) is 0 Å². The van der Waals surface area contributed by atoms with Crippen LogP contribution in [-0.4, -0.2) is 9.97 Å². The summed E-state index contributed by atoms with van der Waals surface area (Å²) in [4.78, 5) is 9.88. The molecule has 0 bridgehead atoms. The summed E-state index contributed by atoms with van der Waals surface area (Å²) in [6.07, 6.45) is 1.84. The second kappa shape index (κ2) is 6.66. The first-order valence-electron chi connectivity index (χ1n) is 9.65. The van der Waals surface area contributed by atoms with Crippen LogP contribution in [-0.2, 0) is 0 Å². The van der Waals surface area contributed by atoms with Crippen molar-refractivity contribution >= 4 is 66.6 Å². The van der Waals surface area contributed by atoms with Gasteiger partial charge in [0.25, 0.3) is 0 Å². The van der Waals surface area contributed by atoms with Gasteiger partial charge in [-0.25, -0.2) is 4.98 Å². The number of hydrogen-bond donors (Lipinski definition) is 0. The minimum Gasteiger partial charge on any atom is -0.252 e. The summed E-state index contributed by atoms with van der Waals surface area (Å²) in [6.45, 7) is 0. The third-order valence-corrected chi connectivity index (χ3v) is 6.29. The largest absolute Gasteiger partial charge is 0.252 e. The molecule has 0 aliphatic carbocycles. The Labute approximate surface area is 182 Å². The van der Waals surface area contributed by atoms with Gasteiger partial charge in [0.1, 0.15) is 0 Å². The molecule has 0 aliphatic heterocycles. The summed E-state index contributed by atoms with van der Waals surface area (Å²) in [5.74, 6) is 0. The zero-order chi connectivity index (χ0) is 20.2. The van der Waals surface area contributed by atoms with Crippen molar-refractivity contribution in [2.45, 2.75) is 0 Å². The maximum atomic E-state index is 6.43. The van der Waals surface area contributed by atoms with Crippen molar-refractivity contribution in [3.05, 3.63) is 95.1 Å². The van der Waals surface area contributed by atoms with E-state index in [9.17, 15) is 0 Å². The summed E-state index contributed by atoms with van der Waals surface area (Å²) in [5.41, 5.74) is 3.58. The summed E-state index contributed by atoms with van der Waals surface area (Å²) < 4.78 is 0. The third-order valence-electron chi connectivity index (χ3n) is 5.63. The minimum atomic E-state index is 0.668. The Kier molecular flexibility index (Phi) is 3.92. The highest BCUT2D eigenvalue weighted by Crippen LogP contribution is 2.36. The van der Waals surface area contributed by atoms with E-state index in [1.807, 2.05) is 48.7 Å². The van der Waals surface area contributed by atoms with Gasteiger partial charge in [0.2, 0.25) is 0 Å². The number of rotatable bonds is 1. The molecule has 4 heteroatoms. The minimum absolute atomic E-state index is 0.668. The van der Waals surface area contributed by atoms with Crippen molar-refractivity contribution in [3.8, 4) is 11.3 Å². The highest BCUT2D eigenvalue weighted by atomic mass is 35.5. The molecule has 0 fully saturated rings. The van der Waals surface area contributed by atoms with Crippen LogP contribution in [0, 0.1) is 0 Å². The molecular formula is C26H14Cl2N2. The molecule has 0 saturated heterocycles. The van der Waals surface area contributed by atoms with Crippen LogP contribution in [0.25, 0.3) is 54.6 Å². The van der Waals surface area contributed by atoms with Gasteiger partial charge in [-0.15, -0.1) is 0 Å². The van der Waals surface area contributed by atoms with Gasteiger partial charge in [0.15, 0.2) is 0 Å². The zero-order valence-electron chi connectivity index (χ0n) is 15.7. The van der Waals surface area contributed by atoms with Crippen LogP contribution in [0.15, 0.2) is 85.1 Å². The van der Waals surface area contributed by atoms with E-state index in [-0.39, 0.29) is 0 Å². The van der Waals surface area contributed by atoms with Crippen molar-refractivity contribution in [1.29, 1.82) is 0 Å². The molecule has 0 saturated carbocycles. The Morgan fingerprint density at radius 1 is 0.533 bits per heavy atom. The van der Waals surface area contributed by atoms with E-state index in [0.717, 1.165) is 43.8 Å². The maximum Gasteiger partial charge on any atom is 0.0979 e. The lowest BCUT2D eigenvalue weighted by Gasteiger charge is -2.11. The number of fused-ring (bicyclic) bond motifs is 7. The van der Waals surface area contributed by atoms with Gasteiger partial charge in [-0.2, -0.15) is 0 Å². The van der Waals surface area contributed by atoms with Gasteiger partial charge < -0.3 is 0 Å². The fourth-order valence-corrected chi connectivity index (χ4v) is 4.64. The molecule has 0 amide bonds. The number of hydrogen-bond acceptors (Lipinski definition) is 2. The molecule has 0 atom stereocenters. The van der Waals surface area contributed by atoms with Crippen LogP contribution in [0.2, 0.25) is 10.0 Å². The van der Waals surface area contributed by atoms with Gasteiger partial charge in [0, 0.05) is 37.2 Å². The predicted molar refractivity (Wildman–Crippen MR) is 128 cm³/mol. The predicted octanol–water partition coefficient (Wildman–Crippen LogP) is 8.06. The quantitative estimate of drug-likeness (QED) is 0.249. The molecule has 0 N–H and O–H groups in total. The topological polar surface area (TPSA) is 25.8 Å². The summed E-state index contributed by atoms with van der Waals surface area (Å²) in [7, 11) is 0. The van der Waals surface area contributed by atoms with E-state index in [2.05, 4.69) is 36.4 Å². The van der Waals surface area contributed by atoms with Gasteiger partial charge >= 0.3 is 0 Å². The van der Waals surface area contributed by atoms with Crippen LogP contribution in [0.5, 0.6) is 0 Å². The van der Waals surface area contributed by atoms with Crippen molar-refractivity contribution < 1.29 is 0 Å². The zero-order valence-corrected chi connectivity index (χ0v) is 17.2. The van der Waals surface area contributed by atoms with Gasteiger partial charge in [-0.05, 0) is 29.0 Å². The Hall–Kier alpha value is -3.20. The SMILES string of the molecule is Clc1ccc(Cl)c2cc(-c3cnc4c5ccccc5c5ccccc5c4n3)ccc12. The molecule has 0 radical (unpaired) electrons. The molecule has 1 heterocycles. The number of aromatic nitrogens is 2. The third kappa shape index (κ3) is 2.58. The van der Waals surface area contributed by atoms with Crippen LogP contribution in [0.3, 0.4) is 0 Å². The number of benzene rings is 5. The summed E-state index contributed by atoms with van der Waals surface area (Å²) in [5, 5.41) is 7.77. The Morgan fingerprint density at radius 2 is 1.13 bits per heavy atom. The molecule has 2 nitrogen and oxygen atoms in total. The molecule has 30 heavy (non-hydrogen) atoms. The van der Waals surface area contributed by atoms with E-state index in [1.54, 1.807) is 0 Å². The summed E-state index contributed by atoms with van der Waals surface area (Å²) in [6, 6.07) is 26.4. The average Bonchev–Trinajstić information content (AvgIpc) is 2.81. The van der Waals surface area contributed by atoms with Crippen molar-refractivity contribution in [3.63, 3.8) is 0 Å². The van der Waals surface area contributed by atoms with Crippen molar-refractivity contribution in [1.82, 2.24) is 9.97 Å². The van der Waals surface area contributed by atoms with Crippen LogP contribution >= 0.6 is 23.2 Å². The van der Waals surface area contributed by atoms with E-state index >= 15 is 0 Å². The number of nitrogens with zero attached hydrogens (tertiary/aromatic N) is 2. The van der Waals surface area contributed by atoms with Crippen LogP contribution < -0.4 is 0 Å². The maximum absolute atomic E-state index is 6.43. The van der Waals surface area contributed by atoms with E-state index in [1.165, 1.54) is 10.8 Å². The van der Waals surface area contributed by atoms with E-state index in [0.29, 0.717) is 10.0 Å². The first kappa shape index (κ1) is 17.6. The lowest BCUT2D eigenvalue weighted by atomic mass is 9.99. The monoisotopic (exact) mass is 424 g/mol. The lowest BCUT2D eigenvalue weighted by Crippen LogP contribution is -1.92. The molecule has 1 aromatic heterocycles. The second-order valence-corrected chi connectivity index (χ2v) is 8.15. The highest BCUT2D eigenvalue weighted by molar-refractivity contribution is 6.40. The summed E-state index contributed by atoms with van der Waals surface area (Å²) >= 11 is 12.8. The highest BCUT2D eigenvalue weighted by Gasteiger charge is 2.13. The molecule has 6 rings (SSSR count). The first-order valence-corrected chi connectivity index (χ1v) is 10.4. The number of halogens is 2. The second-order valence-electron chi connectivity index (χ2n) is 7.33. The first-order chi connectivity index (χ1) is 14.7. The molecule has 5 aromatic carbocycles. The van der Waals surface area contributed by atoms with Gasteiger partial charge in [-0.1, -0.05) is 83.9 Å². The Bertz CT molecular complexity index is 1590. The fraction of sp³-hybridized carbons (Fsp3) is 0. The Morgan fingerprint density at radius 3 is 1.83 bits per heavy atom.